The molecule has 0 fully saturated rings. The minimum Gasteiger partial charge on any atom is -0.347 e. The van der Waals surface area contributed by atoms with Gasteiger partial charge in [-0.15, -0.1) is 0 Å². The smallest absolute Gasteiger partial charge is 0.269 e. The van der Waals surface area contributed by atoms with Crippen LogP contribution in [0.2, 0.25) is 0 Å². The van der Waals surface area contributed by atoms with Crippen molar-refractivity contribution >= 4 is 27.7 Å². The van der Waals surface area contributed by atoms with Crippen molar-refractivity contribution in [3.8, 4) is 0 Å². The summed E-state index contributed by atoms with van der Waals surface area (Å²) in [7, 11) is -3.70. The highest BCUT2D eigenvalue weighted by atomic mass is 32.2. The summed E-state index contributed by atoms with van der Waals surface area (Å²) < 4.78 is 26.4. The molecular formula is C19H30N4O5S. The predicted molar refractivity (Wildman–Crippen MR) is 109 cm³/mol. The molecule has 0 saturated heterocycles. The molecule has 0 atom stereocenters. The van der Waals surface area contributed by atoms with Crippen LogP contribution in [0.1, 0.15) is 50.9 Å². The topological polar surface area (TPSA) is 125 Å². The van der Waals surface area contributed by atoms with Gasteiger partial charge in [-0.25, -0.2) is 8.42 Å². The molecule has 0 spiro atoms. The van der Waals surface area contributed by atoms with Crippen LogP contribution in [0.3, 0.4) is 0 Å². The lowest BCUT2D eigenvalue weighted by Crippen LogP contribution is -2.46. The van der Waals surface area contributed by atoms with E-state index in [2.05, 4.69) is 16.2 Å². The fraction of sp³-hybridized carbons (Fsp3) is 0.526. The van der Waals surface area contributed by atoms with E-state index >= 15 is 0 Å². The first-order valence-electron chi connectivity index (χ1n) is 9.57. The standard InChI is InChI=1S/C19H30N4O5S/c1-5-23(6-2)29(27,28)16-9-7-8-15(12-16)19(26)22-21-18(25)13-20-17(24)11-10-14(3)4/h7-9,12,14H,5-6,10-11,13H2,1-4H3,(H,20,24)(H,21,25)(H,22,26). The minimum absolute atomic E-state index is 0.00223. The van der Waals surface area contributed by atoms with Crippen LogP contribution in [-0.4, -0.2) is 50.1 Å². The Labute approximate surface area is 172 Å². The van der Waals surface area contributed by atoms with Gasteiger partial charge in [0.1, 0.15) is 0 Å². The maximum absolute atomic E-state index is 12.6. The Hall–Kier alpha value is -2.46. The van der Waals surface area contributed by atoms with Gasteiger partial charge in [-0.3, -0.25) is 25.2 Å². The molecule has 0 aromatic heterocycles. The average molecular weight is 427 g/mol. The third kappa shape index (κ3) is 7.82. The van der Waals surface area contributed by atoms with Gasteiger partial charge in [-0.1, -0.05) is 33.8 Å². The number of hydrogen-bond donors (Lipinski definition) is 3. The molecular weight excluding hydrogens is 396 g/mol. The zero-order chi connectivity index (χ0) is 22.0. The van der Waals surface area contributed by atoms with Gasteiger partial charge in [-0.05, 0) is 30.5 Å². The minimum atomic E-state index is -3.70. The number of hydrogen-bond acceptors (Lipinski definition) is 5. The fourth-order valence-corrected chi connectivity index (χ4v) is 3.94. The summed E-state index contributed by atoms with van der Waals surface area (Å²) in [6.07, 6.45) is 1.04. The van der Waals surface area contributed by atoms with Crippen LogP contribution in [0.25, 0.3) is 0 Å². The molecule has 0 aliphatic heterocycles. The number of nitrogens with one attached hydrogen (secondary N) is 3. The zero-order valence-electron chi connectivity index (χ0n) is 17.3. The lowest BCUT2D eigenvalue weighted by molar-refractivity contribution is -0.126. The van der Waals surface area contributed by atoms with Gasteiger partial charge in [0, 0.05) is 25.1 Å². The van der Waals surface area contributed by atoms with Crippen molar-refractivity contribution in [3.63, 3.8) is 0 Å². The Morgan fingerprint density at radius 3 is 2.28 bits per heavy atom. The quantitative estimate of drug-likeness (QED) is 0.482. The summed E-state index contributed by atoms with van der Waals surface area (Å²) in [4.78, 5) is 35.6. The van der Waals surface area contributed by atoms with Crippen LogP contribution in [0, 0.1) is 5.92 Å². The van der Waals surface area contributed by atoms with E-state index in [0.717, 1.165) is 6.42 Å². The van der Waals surface area contributed by atoms with Crippen LogP contribution in [-0.2, 0) is 19.6 Å². The van der Waals surface area contributed by atoms with Crippen molar-refractivity contribution in [1.82, 2.24) is 20.5 Å². The number of amides is 3. The maximum atomic E-state index is 12.6. The van der Waals surface area contributed by atoms with Crippen molar-refractivity contribution in [2.24, 2.45) is 5.92 Å². The molecule has 0 unspecified atom stereocenters. The maximum Gasteiger partial charge on any atom is 0.269 e. The van der Waals surface area contributed by atoms with Gasteiger partial charge < -0.3 is 5.32 Å². The Morgan fingerprint density at radius 2 is 1.69 bits per heavy atom. The van der Waals surface area contributed by atoms with E-state index in [-0.39, 0.29) is 22.9 Å². The number of carbonyl (C=O) groups is 3. The molecule has 29 heavy (non-hydrogen) atoms. The molecule has 162 valence electrons. The van der Waals surface area contributed by atoms with Crippen molar-refractivity contribution in [1.29, 1.82) is 0 Å². The van der Waals surface area contributed by atoms with Crippen LogP contribution < -0.4 is 16.2 Å². The molecule has 0 aliphatic rings. The Kier molecular flexibility index (Phi) is 9.76. The van der Waals surface area contributed by atoms with Gasteiger partial charge in [0.2, 0.25) is 15.9 Å². The molecule has 9 nitrogen and oxygen atoms in total. The Morgan fingerprint density at radius 1 is 1.03 bits per heavy atom. The number of sulfonamides is 1. The molecule has 1 rings (SSSR count). The normalized spacial score (nSPS) is 11.4. The van der Waals surface area contributed by atoms with Crippen LogP contribution in [0.15, 0.2) is 29.2 Å². The first-order valence-corrected chi connectivity index (χ1v) is 11.0. The molecule has 3 N–H and O–H groups in total. The summed E-state index contributed by atoms with van der Waals surface area (Å²) >= 11 is 0. The second kappa shape index (κ2) is 11.5. The second-order valence-corrected chi connectivity index (χ2v) is 8.77. The van der Waals surface area contributed by atoms with Gasteiger partial charge >= 0.3 is 0 Å². The fourth-order valence-electron chi connectivity index (χ4n) is 2.44. The van der Waals surface area contributed by atoms with Gasteiger partial charge in [0.25, 0.3) is 11.8 Å². The monoisotopic (exact) mass is 426 g/mol. The SMILES string of the molecule is CCN(CC)S(=O)(=O)c1cccc(C(=O)NNC(=O)CNC(=O)CCC(C)C)c1. The summed E-state index contributed by atoms with van der Waals surface area (Å²) in [5.74, 6) is -1.12. The van der Waals surface area contributed by atoms with Crippen LogP contribution in [0.4, 0.5) is 0 Å². The van der Waals surface area contributed by atoms with Crippen molar-refractivity contribution in [2.45, 2.75) is 45.4 Å². The van der Waals surface area contributed by atoms with E-state index in [4.69, 9.17) is 0 Å². The highest BCUT2D eigenvalue weighted by molar-refractivity contribution is 7.89. The van der Waals surface area contributed by atoms with Gasteiger partial charge in [0.05, 0.1) is 11.4 Å². The van der Waals surface area contributed by atoms with Crippen LogP contribution in [0.5, 0.6) is 0 Å². The van der Waals surface area contributed by atoms with E-state index < -0.39 is 21.8 Å². The molecule has 3 amide bonds. The first-order chi connectivity index (χ1) is 13.6. The third-order valence-electron chi connectivity index (χ3n) is 4.15. The van der Waals surface area contributed by atoms with Crippen molar-refractivity contribution in [2.75, 3.05) is 19.6 Å². The Balaban J connectivity index is 2.63. The summed E-state index contributed by atoms with van der Waals surface area (Å²) in [5, 5.41) is 2.47. The number of benzene rings is 1. The van der Waals surface area contributed by atoms with Crippen molar-refractivity contribution < 1.29 is 22.8 Å². The molecule has 0 saturated carbocycles. The van der Waals surface area contributed by atoms with Gasteiger partial charge in [-0.2, -0.15) is 4.31 Å². The average Bonchev–Trinajstić information content (AvgIpc) is 2.69. The molecule has 1 aromatic carbocycles. The number of rotatable bonds is 10. The molecule has 0 aliphatic carbocycles. The number of carbonyl (C=O) groups excluding carboxylic acids is 3. The first kappa shape index (κ1) is 24.6. The van der Waals surface area contributed by atoms with E-state index in [1.54, 1.807) is 13.8 Å². The number of hydrazine groups is 1. The number of nitrogens with zero attached hydrogens (tertiary/aromatic N) is 1. The predicted octanol–water partition coefficient (Wildman–Crippen LogP) is 1.03. The van der Waals surface area contributed by atoms with E-state index in [9.17, 15) is 22.8 Å². The third-order valence-corrected chi connectivity index (χ3v) is 6.20. The largest absolute Gasteiger partial charge is 0.347 e. The van der Waals surface area contributed by atoms with E-state index in [1.165, 1.54) is 28.6 Å². The highest BCUT2D eigenvalue weighted by Gasteiger charge is 2.22. The molecule has 0 bridgehead atoms. The lowest BCUT2D eigenvalue weighted by Gasteiger charge is -2.18. The van der Waals surface area contributed by atoms with E-state index in [0.29, 0.717) is 25.4 Å². The molecule has 10 heteroatoms. The summed E-state index contributed by atoms with van der Waals surface area (Å²) in [6, 6.07) is 5.57. The highest BCUT2D eigenvalue weighted by Crippen LogP contribution is 2.16. The lowest BCUT2D eigenvalue weighted by atomic mass is 10.1. The molecule has 0 heterocycles. The second-order valence-electron chi connectivity index (χ2n) is 6.83. The van der Waals surface area contributed by atoms with Gasteiger partial charge in [0.15, 0.2) is 0 Å². The van der Waals surface area contributed by atoms with Crippen LogP contribution >= 0.6 is 0 Å². The Bertz CT molecular complexity index is 820. The molecule has 1 aromatic rings. The van der Waals surface area contributed by atoms with E-state index in [1.807, 2.05) is 13.8 Å². The zero-order valence-corrected chi connectivity index (χ0v) is 18.1. The van der Waals surface area contributed by atoms with Crippen molar-refractivity contribution in [3.05, 3.63) is 29.8 Å². The summed E-state index contributed by atoms with van der Waals surface area (Å²) in [5.41, 5.74) is 4.48. The molecule has 0 radical (unpaired) electrons. The summed E-state index contributed by atoms with van der Waals surface area (Å²) in [6.45, 7) is 7.81.